The van der Waals surface area contributed by atoms with Crippen LogP contribution in [0.15, 0.2) is 30.3 Å². The Morgan fingerprint density at radius 1 is 1.15 bits per heavy atom. The molecule has 0 spiro atoms. The van der Waals surface area contributed by atoms with Crippen molar-refractivity contribution in [3.63, 3.8) is 0 Å². The van der Waals surface area contributed by atoms with Crippen LogP contribution in [-0.4, -0.2) is 91.0 Å². The fraction of sp³-hybridized carbons (Fsp3) is 0.667. The van der Waals surface area contributed by atoms with Crippen molar-refractivity contribution in [1.82, 2.24) is 19.6 Å². The molecule has 5 heteroatoms. The zero-order chi connectivity index (χ0) is 18.5. The molecule has 2 aliphatic rings. The van der Waals surface area contributed by atoms with Gasteiger partial charge in [0.05, 0.1) is 6.04 Å². The van der Waals surface area contributed by atoms with E-state index in [1.165, 1.54) is 5.56 Å². The molecule has 1 aromatic carbocycles. The van der Waals surface area contributed by atoms with Crippen LogP contribution in [-0.2, 0) is 11.3 Å². The first-order valence-corrected chi connectivity index (χ1v) is 10.00. The van der Waals surface area contributed by atoms with Gasteiger partial charge in [0.2, 0.25) is 5.91 Å². The van der Waals surface area contributed by atoms with Crippen molar-refractivity contribution in [2.45, 2.75) is 38.4 Å². The summed E-state index contributed by atoms with van der Waals surface area (Å²) in [5.74, 6) is 0.279. The van der Waals surface area contributed by atoms with E-state index in [9.17, 15) is 4.79 Å². The molecule has 5 nitrogen and oxygen atoms in total. The summed E-state index contributed by atoms with van der Waals surface area (Å²) in [4.78, 5) is 22.2. The van der Waals surface area contributed by atoms with Gasteiger partial charge in [-0.05, 0) is 38.9 Å². The molecule has 1 amide bonds. The van der Waals surface area contributed by atoms with Gasteiger partial charge in [-0.2, -0.15) is 0 Å². The van der Waals surface area contributed by atoms with E-state index < -0.39 is 0 Å². The minimum atomic E-state index is -0.0156. The second-order valence-electron chi connectivity index (χ2n) is 7.98. The molecule has 2 aliphatic heterocycles. The van der Waals surface area contributed by atoms with Crippen LogP contribution in [0.25, 0.3) is 0 Å². The van der Waals surface area contributed by atoms with E-state index in [0.29, 0.717) is 6.04 Å². The third-order valence-corrected chi connectivity index (χ3v) is 6.07. The number of carbonyl (C=O) groups is 1. The summed E-state index contributed by atoms with van der Waals surface area (Å²) in [5.41, 5.74) is 1.35. The number of nitrogens with zero attached hydrogens (tertiary/aromatic N) is 4. The number of piperidine rings is 1. The largest absolute Gasteiger partial charge is 0.340 e. The van der Waals surface area contributed by atoms with E-state index in [0.717, 1.165) is 58.7 Å². The Balaban J connectivity index is 1.54. The highest BCUT2D eigenvalue weighted by Crippen LogP contribution is 2.19. The molecule has 0 saturated carbocycles. The van der Waals surface area contributed by atoms with Crippen molar-refractivity contribution in [2.24, 2.45) is 0 Å². The van der Waals surface area contributed by atoms with Crippen molar-refractivity contribution in [2.75, 3.05) is 53.4 Å². The Morgan fingerprint density at radius 2 is 1.85 bits per heavy atom. The van der Waals surface area contributed by atoms with Gasteiger partial charge in [0.1, 0.15) is 0 Å². The number of amides is 1. The van der Waals surface area contributed by atoms with Crippen molar-refractivity contribution >= 4 is 5.91 Å². The highest BCUT2D eigenvalue weighted by atomic mass is 16.2. The Bertz CT molecular complexity index is 571. The molecular formula is C21H34N4O. The van der Waals surface area contributed by atoms with Gasteiger partial charge in [0, 0.05) is 52.4 Å². The van der Waals surface area contributed by atoms with Gasteiger partial charge in [0.25, 0.3) is 0 Å². The summed E-state index contributed by atoms with van der Waals surface area (Å²) in [6, 6.07) is 11.0. The number of hydrogen-bond acceptors (Lipinski definition) is 4. The Labute approximate surface area is 158 Å². The fourth-order valence-corrected chi connectivity index (χ4v) is 4.17. The zero-order valence-electron chi connectivity index (χ0n) is 16.6. The Hall–Kier alpha value is -1.43. The normalized spacial score (nSPS) is 24.3. The van der Waals surface area contributed by atoms with E-state index in [2.05, 4.69) is 59.0 Å². The number of likely N-dealkylation sites (tertiary alicyclic amines) is 1. The summed E-state index contributed by atoms with van der Waals surface area (Å²) in [5, 5.41) is 0. The lowest BCUT2D eigenvalue weighted by molar-refractivity contribution is -0.139. The molecule has 2 fully saturated rings. The highest BCUT2D eigenvalue weighted by molar-refractivity contribution is 5.81. The van der Waals surface area contributed by atoms with Crippen LogP contribution >= 0.6 is 0 Å². The topological polar surface area (TPSA) is 30.0 Å². The smallest absolute Gasteiger partial charge is 0.239 e. The molecule has 0 aromatic heterocycles. The molecule has 0 radical (unpaired) electrons. The van der Waals surface area contributed by atoms with Crippen LogP contribution in [0.2, 0.25) is 0 Å². The van der Waals surface area contributed by atoms with Crippen molar-refractivity contribution in [3.8, 4) is 0 Å². The number of carbonyl (C=O) groups excluding carboxylic acids is 1. The molecule has 2 heterocycles. The van der Waals surface area contributed by atoms with Crippen molar-refractivity contribution in [3.05, 3.63) is 35.9 Å². The van der Waals surface area contributed by atoms with Gasteiger partial charge in [0.15, 0.2) is 0 Å². The summed E-state index contributed by atoms with van der Waals surface area (Å²) in [7, 11) is 4.16. The van der Waals surface area contributed by atoms with Crippen LogP contribution in [0.5, 0.6) is 0 Å². The van der Waals surface area contributed by atoms with Crippen LogP contribution in [0.1, 0.15) is 25.3 Å². The van der Waals surface area contributed by atoms with Gasteiger partial charge in [-0.25, -0.2) is 0 Å². The maximum absolute atomic E-state index is 13.0. The van der Waals surface area contributed by atoms with Gasteiger partial charge < -0.3 is 9.80 Å². The molecule has 144 valence electrons. The predicted molar refractivity (Wildman–Crippen MR) is 106 cm³/mol. The van der Waals surface area contributed by atoms with Gasteiger partial charge in [-0.15, -0.1) is 0 Å². The molecule has 1 aromatic rings. The van der Waals surface area contributed by atoms with Crippen LogP contribution in [0, 0.1) is 0 Å². The summed E-state index contributed by atoms with van der Waals surface area (Å²) in [6.07, 6.45) is 2.28. The van der Waals surface area contributed by atoms with Crippen molar-refractivity contribution < 1.29 is 4.79 Å². The third kappa shape index (κ3) is 4.84. The minimum Gasteiger partial charge on any atom is -0.340 e. The third-order valence-electron chi connectivity index (χ3n) is 6.07. The Morgan fingerprint density at radius 3 is 2.54 bits per heavy atom. The van der Waals surface area contributed by atoms with E-state index in [-0.39, 0.29) is 11.9 Å². The van der Waals surface area contributed by atoms with E-state index >= 15 is 0 Å². The number of rotatable bonds is 5. The molecule has 2 unspecified atom stereocenters. The van der Waals surface area contributed by atoms with E-state index in [4.69, 9.17) is 0 Å². The molecular weight excluding hydrogens is 324 g/mol. The SMILES string of the molecule is CC(C(=O)N(C)C1CCCN(Cc2ccccc2)C1)N1CCN(C)CC1. The Kier molecular flexibility index (Phi) is 6.68. The monoisotopic (exact) mass is 358 g/mol. The quantitative estimate of drug-likeness (QED) is 0.802. The first kappa shape index (κ1) is 19.3. The summed E-state index contributed by atoms with van der Waals surface area (Å²) >= 11 is 0. The minimum absolute atomic E-state index is 0.0156. The predicted octanol–water partition coefficient (Wildman–Crippen LogP) is 1.75. The summed E-state index contributed by atoms with van der Waals surface area (Å²) < 4.78 is 0. The molecule has 0 N–H and O–H groups in total. The van der Waals surface area contributed by atoms with Gasteiger partial charge in [-0.3, -0.25) is 14.6 Å². The van der Waals surface area contributed by atoms with Crippen molar-refractivity contribution in [1.29, 1.82) is 0 Å². The standard InChI is InChI=1S/C21H34N4O/c1-18(25-14-12-22(2)13-15-25)21(26)23(3)20-10-7-11-24(17-20)16-19-8-5-4-6-9-19/h4-6,8-9,18,20H,7,10-17H2,1-3H3. The second kappa shape index (κ2) is 8.98. The molecule has 3 rings (SSSR count). The van der Waals surface area contributed by atoms with Gasteiger partial charge in [-0.1, -0.05) is 30.3 Å². The fourth-order valence-electron chi connectivity index (χ4n) is 4.17. The molecule has 26 heavy (non-hydrogen) atoms. The van der Waals surface area contributed by atoms with E-state index in [1.54, 1.807) is 0 Å². The maximum atomic E-state index is 13.0. The number of likely N-dealkylation sites (N-methyl/N-ethyl adjacent to an activating group) is 2. The lowest BCUT2D eigenvalue weighted by Crippen LogP contribution is -2.56. The average molecular weight is 359 g/mol. The lowest BCUT2D eigenvalue weighted by Gasteiger charge is -2.41. The van der Waals surface area contributed by atoms with E-state index in [1.807, 2.05) is 11.9 Å². The first-order valence-electron chi connectivity index (χ1n) is 10.00. The highest BCUT2D eigenvalue weighted by Gasteiger charge is 2.31. The van der Waals surface area contributed by atoms with Crippen LogP contribution in [0.4, 0.5) is 0 Å². The van der Waals surface area contributed by atoms with Crippen LogP contribution < -0.4 is 0 Å². The maximum Gasteiger partial charge on any atom is 0.239 e. The lowest BCUT2D eigenvalue weighted by atomic mass is 10.0. The molecule has 2 atom stereocenters. The molecule has 0 aliphatic carbocycles. The van der Waals surface area contributed by atoms with Crippen LogP contribution in [0.3, 0.4) is 0 Å². The molecule has 2 saturated heterocycles. The zero-order valence-corrected chi connectivity index (χ0v) is 16.6. The molecule has 0 bridgehead atoms. The first-order chi connectivity index (χ1) is 12.5. The number of hydrogen-bond donors (Lipinski definition) is 0. The number of benzene rings is 1. The second-order valence-corrected chi connectivity index (χ2v) is 7.98. The van der Waals surface area contributed by atoms with Gasteiger partial charge >= 0.3 is 0 Å². The average Bonchev–Trinajstić information content (AvgIpc) is 2.68. The number of piperazine rings is 1. The summed E-state index contributed by atoms with van der Waals surface area (Å²) in [6.45, 7) is 9.24.